The van der Waals surface area contributed by atoms with Crippen molar-refractivity contribution in [3.63, 3.8) is 0 Å². The third kappa shape index (κ3) is 4.17. The predicted molar refractivity (Wildman–Crippen MR) is 71.4 cm³/mol. The first-order valence-electron chi connectivity index (χ1n) is 7.12. The van der Waals surface area contributed by atoms with Crippen molar-refractivity contribution in [3.8, 4) is 0 Å². The summed E-state index contributed by atoms with van der Waals surface area (Å²) in [7, 11) is 0. The first-order chi connectivity index (χ1) is 9.91. The van der Waals surface area contributed by atoms with Gasteiger partial charge in [-0.2, -0.15) is 13.2 Å². The van der Waals surface area contributed by atoms with Gasteiger partial charge in [-0.1, -0.05) is 6.92 Å². The van der Waals surface area contributed by atoms with Crippen LogP contribution in [0.2, 0.25) is 0 Å². The molecule has 0 radical (unpaired) electrons. The van der Waals surface area contributed by atoms with E-state index in [2.05, 4.69) is 5.32 Å². The van der Waals surface area contributed by atoms with Crippen LogP contribution in [-0.4, -0.2) is 19.7 Å². The van der Waals surface area contributed by atoms with Gasteiger partial charge in [-0.3, -0.25) is 0 Å². The topological polar surface area (TPSA) is 21.3 Å². The maximum atomic E-state index is 13.5. The molecule has 6 heteroatoms. The number of halogens is 4. The lowest BCUT2D eigenvalue weighted by Gasteiger charge is -2.20. The zero-order chi connectivity index (χ0) is 15.5. The van der Waals surface area contributed by atoms with Crippen molar-refractivity contribution >= 4 is 0 Å². The quantitative estimate of drug-likeness (QED) is 0.657. The number of benzene rings is 1. The Labute approximate surface area is 121 Å². The summed E-state index contributed by atoms with van der Waals surface area (Å²) < 4.78 is 57.3. The van der Waals surface area contributed by atoms with E-state index in [9.17, 15) is 17.6 Å². The van der Waals surface area contributed by atoms with Gasteiger partial charge in [0.05, 0.1) is 11.7 Å². The van der Waals surface area contributed by atoms with Crippen LogP contribution in [0.1, 0.15) is 37.0 Å². The fraction of sp³-hybridized carbons (Fsp3) is 0.600. The second-order valence-corrected chi connectivity index (χ2v) is 5.32. The van der Waals surface area contributed by atoms with Crippen LogP contribution < -0.4 is 5.32 Å². The van der Waals surface area contributed by atoms with Crippen molar-refractivity contribution < 1.29 is 22.3 Å². The van der Waals surface area contributed by atoms with Crippen molar-refractivity contribution in [2.45, 2.75) is 32.0 Å². The summed E-state index contributed by atoms with van der Waals surface area (Å²) >= 11 is 0. The lowest BCUT2D eigenvalue weighted by Crippen LogP contribution is -2.25. The molecule has 1 fully saturated rings. The van der Waals surface area contributed by atoms with Gasteiger partial charge in [-0.15, -0.1) is 0 Å². The van der Waals surface area contributed by atoms with Gasteiger partial charge in [0.25, 0.3) is 0 Å². The summed E-state index contributed by atoms with van der Waals surface area (Å²) in [5.74, 6) is -0.810. The molecular formula is C15H19F4NO. The lowest BCUT2D eigenvalue weighted by molar-refractivity contribution is -0.137. The Balaban J connectivity index is 2.18. The molecule has 1 aliphatic heterocycles. The summed E-state index contributed by atoms with van der Waals surface area (Å²) in [4.78, 5) is 0. The summed E-state index contributed by atoms with van der Waals surface area (Å²) in [6, 6.07) is 2.65. The molecule has 2 rings (SSSR count). The molecule has 21 heavy (non-hydrogen) atoms. The van der Waals surface area contributed by atoms with Crippen LogP contribution in [0.4, 0.5) is 17.6 Å². The van der Waals surface area contributed by atoms with Gasteiger partial charge in [0, 0.05) is 19.1 Å². The molecule has 1 heterocycles. The monoisotopic (exact) mass is 305 g/mol. The standard InChI is InChI=1S/C15H19F4NO/c1-2-4-20-9-10-3-5-21-14(10)11-6-12(15(17,18)19)8-13(16)7-11/h6-8,10,14,20H,2-5,9H2,1H3. The summed E-state index contributed by atoms with van der Waals surface area (Å²) in [6.45, 7) is 4.04. The summed E-state index contributed by atoms with van der Waals surface area (Å²) in [5, 5.41) is 3.24. The molecular weight excluding hydrogens is 286 g/mol. The molecule has 0 aromatic heterocycles. The number of nitrogens with one attached hydrogen (secondary N) is 1. The highest BCUT2D eigenvalue weighted by Crippen LogP contribution is 2.37. The Morgan fingerprint density at radius 2 is 2.05 bits per heavy atom. The fourth-order valence-corrected chi connectivity index (χ4v) is 2.62. The van der Waals surface area contributed by atoms with Crippen LogP contribution in [0.3, 0.4) is 0 Å². The molecule has 2 atom stereocenters. The molecule has 118 valence electrons. The molecule has 1 aliphatic rings. The van der Waals surface area contributed by atoms with Crippen molar-refractivity contribution in [2.75, 3.05) is 19.7 Å². The van der Waals surface area contributed by atoms with E-state index in [1.165, 1.54) is 0 Å². The number of alkyl halides is 3. The molecule has 1 N–H and O–H groups in total. The zero-order valence-corrected chi connectivity index (χ0v) is 11.8. The molecule has 1 aromatic carbocycles. The number of rotatable bonds is 5. The first kappa shape index (κ1) is 16.2. The minimum Gasteiger partial charge on any atom is -0.373 e. The Morgan fingerprint density at radius 3 is 2.71 bits per heavy atom. The van der Waals surface area contributed by atoms with Crippen LogP contribution >= 0.6 is 0 Å². The summed E-state index contributed by atoms with van der Waals surface area (Å²) in [5.41, 5.74) is -0.698. The third-order valence-electron chi connectivity index (χ3n) is 3.62. The molecule has 0 amide bonds. The van der Waals surface area contributed by atoms with Crippen LogP contribution in [0, 0.1) is 11.7 Å². The van der Waals surface area contributed by atoms with Crippen LogP contribution in [0.15, 0.2) is 18.2 Å². The Kier molecular flexibility index (Phi) is 5.22. The first-order valence-corrected chi connectivity index (χ1v) is 7.12. The average molecular weight is 305 g/mol. The maximum Gasteiger partial charge on any atom is 0.416 e. The molecule has 0 saturated carbocycles. The van der Waals surface area contributed by atoms with E-state index >= 15 is 0 Å². The lowest BCUT2D eigenvalue weighted by atomic mass is 9.94. The van der Waals surface area contributed by atoms with Gasteiger partial charge < -0.3 is 10.1 Å². The maximum absolute atomic E-state index is 13.5. The molecule has 2 nitrogen and oxygen atoms in total. The average Bonchev–Trinajstić information content (AvgIpc) is 2.86. The van der Waals surface area contributed by atoms with Gasteiger partial charge in [0.1, 0.15) is 5.82 Å². The van der Waals surface area contributed by atoms with Gasteiger partial charge in [0.15, 0.2) is 0 Å². The molecule has 1 saturated heterocycles. The van der Waals surface area contributed by atoms with Gasteiger partial charge in [-0.25, -0.2) is 4.39 Å². The normalized spacial score (nSPS) is 22.7. The van der Waals surface area contributed by atoms with Crippen molar-refractivity contribution in [2.24, 2.45) is 5.92 Å². The molecule has 0 bridgehead atoms. The highest BCUT2D eigenvalue weighted by Gasteiger charge is 2.34. The highest BCUT2D eigenvalue weighted by molar-refractivity contribution is 5.29. The zero-order valence-electron chi connectivity index (χ0n) is 11.8. The fourth-order valence-electron chi connectivity index (χ4n) is 2.62. The minimum atomic E-state index is -4.55. The van der Waals surface area contributed by atoms with E-state index in [0.717, 1.165) is 31.5 Å². The van der Waals surface area contributed by atoms with E-state index in [-0.39, 0.29) is 11.5 Å². The van der Waals surface area contributed by atoms with E-state index < -0.39 is 23.7 Å². The number of hydrogen-bond donors (Lipinski definition) is 1. The van der Waals surface area contributed by atoms with E-state index in [1.807, 2.05) is 6.92 Å². The van der Waals surface area contributed by atoms with Gasteiger partial charge >= 0.3 is 6.18 Å². The Bertz CT molecular complexity index is 475. The van der Waals surface area contributed by atoms with E-state index in [1.54, 1.807) is 0 Å². The second-order valence-electron chi connectivity index (χ2n) is 5.32. The minimum absolute atomic E-state index is 0.0689. The van der Waals surface area contributed by atoms with E-state index in [4.69, 9.17) is 4.74 Å². The predicted octanol–water partition coefficient (Wildman–Crippen LogP) is 3.92. The van der Waals surface area contributed by atoms with Crippen LogP contribution in [0.25, 0.3) is 0 Å². The summed E-state index contributed by atoms with van der Waals surface area (Å²) in [6.07, 6.45) is -3.28. The van der Waals surface area contributed by atoms with E-state index in [0.29, 0.717) is 19.2 Å². The Morgan fingerprint density at radius 1 is 1.29 bits per heavy atom. The number of ether oxygens (including phenoxy) is 1. The van der Waals surface area contributed by atoms with Crippen molar-refractivity contribution in [1.82, 2.24) is 5.32 Å². The molecule has 0 aliphatic carbocycles. The molecule has 0 spiro atoms. The largest absolute Gasteiger partial charge is 0.416 e. The van der Waals surface area contributed by atoms with Crippen molar-refractivity contribution in [3.05, 3.63) is 35.1 Å². The molecule has 1 aromatic rings. The second kappa shape index (κ2) is 6.75. The SMILES string of the molecule is CCCNCC1CCOC1c1cc(F)cc(C(F)(F)F)c1. The van der Waals surface area contributed by atoms with Crippen LogP contribution in [0.5, 0.6) is 0 Å². The van der Waals surface area contributed by atoms with Crippen molar-refractivity contribution in [1.29, 1.82) is 0 Å². The third-order valence-corrected chi connectivity index (χ3v) is 3.62. The highest BCUT2D eigenvalue weighted by atomic mass is 19.4. The number of hydrogen-bond acceptors (Lipinski definition) is 2. The Hall–Kier alpha value is -1.14. The smallest absolute Gasteiger partial charge is 0.373 e. The van der Waals surface area contributed by atoms with Gasteiger partial charge in [0.2, 0.25) is 0 Å². The van der Waals surface area contributed by atoms with Crippen LogP contribution in [-0.2, 0) is 10.9 Å². The molecule has 2 unspecified atom stereocenters. The van der Waals surface area contributed by atoms with Gasteiger partial charge in [-0.05, 0) is 43.1 Å².